The Kier molecular flexibility index (Phi) is 6.87. The molecule has 0 saturated carbocycles. The van der Waals surface area contributed by atoms with Gasteiger partial charge in [-0.2, -0.15) is 48.6 Å². The first kappa shape index (κ1) is 27.2. The third-order valence-electron chi connectivity index (χ3n) is 4.97. The fourth-order valence-electron chi connectivity index (χ4n) is 3.24. The number of nitrogens with zero attached hydrogens (tertiary/aromatic N) is 8. The van der Waals surface area contributed by atoms with Crippen molar-refractivity contribution in [3.8, 4) is 58.3 Å². The summed E-state index contributed by atoms with van der Waals surface area (Å²) in [5.41, 5.74) is -6.02. The molecule has 0 aliphatic carbocycles. The monoisotopic (exact) mass is 562 g/mol. The second-order valence-corrected chi connectivity index (χ2v) is 7.23. The highest BCUT2D eigenvalue weighted by atomic mass is 19.2. The van der Waals surface area contributed by atoms with Crippen LogP contribution >= 0.6 is 0 Å². The van der Waals surface area contributed by atoms with Crippen molar-refractivity contribution in [1.29, 1.82) is 21.0 Å². The van der Waals surface area contributed by atoms with Gasteiger partial charge >= 0.3 is 0 Å². The molecule has 0 N–H and O–H groups in total. The second-order valence-electron chi connectivity index (χ2n) is 7.23. The van der Waals surface area contributed by atoms with Gasteiger partial charge in [0.05, 0.1) is 35.4 Å². The van der Waals surface area contributed by atoms with E-state index in [1.165, 1.54) is 24.3 Å². The highest BCUT2D eigenvalue weighted by Crippen LogP contribution is 2.44. The zero-order chi connectivity index (χ0) is 29.5. The molecule has 0 fully saturated rings. The number of rotatable bonds is 5. The van der Waals surface area contributed by atoms with Crippen LogP contribution in [-0.2, 0) is 0 Å². The van der Waals surface area contributed by atoms with Crippen LogP contribution in [0.1, 0.15) is 23.6 Å². The Morgan fingerprint density at radius 1 is 0.475 bits per heavy atom. The van der Waals surface area contributed by atoms with Crippen LogP contribution < -0.4 is 0 Å². The maximum atomic E-state index is 14.7. The van der Waals surface area contributed by atoms with Crippen molar-refractivity contribution in [3.63, 3.8) is 0 Å². The van der Waals surface area contributed by atoms with Gasteiger partial charge in [0.25, 0.3) is 23.8 Å². The summed E-state index contributed by atoms with van der Waals surface area (Å²) in [6.07, 6.45) is 0. The van der Waals surface area contributed by atoms with Crippen molar-refractivity contribution in [2.24, 2.45) is 0 Å². The topological polar surface area (TPSA) is 173 Å². The van der Waals surface area contributed by atoms with Crippen LogP contribution in [0, 0.1) is 92.4 Å². The molecule has 0 radical (unpaired) electrons. The molecule has 4 aromatic rings. The van der Waals surface area contributed by atoms with Gasteiger partial charge in [-0.3, -0.25) is 0 Å². The van der Waals surface area contributed by atoms with Gasteiger partial charge in [0.2, 0.25) is 35.1 Å². The number of pyridine rings is 2. The van der Waals surface area contributed by atoms with Crippen molar-refractivity contribution in [1.82, 2.24) is 19.9 Å². The first-order valence-corrected chi connectivity index (χ1v) is 9.99. The van der Waals surface area contributed by atoms with Crippen LogP contribution in [0.3, 0.4) is 0 Å². The van der Waals surface area contributed by atoms with E-state index < -0.39 is 105 Å². The molecule has 0 saturated heterocycles. The highest BCUT2D eigenvalue weighted by Gasteiger charge is 2.37. The molecule has 0 bridgehead atoms. The molecule has 4 aromatic heterocycles. The molecule has 18 heteroatoms. The maximum absolute atomic E-state index is 14.7. The third kappa shape index (κ3) is 4.19. The standard InChI is InChI=1S/C22H2F8N8O2/c23-9-7(10(24)18(28)37-17(9)27)13-15(39-21(35-13)5(1-31)2-32)16-14(36-22(40-16)6(3-33)4-34)8-11(25)19(29)38-20(30)12(8)26/h5-6H. The van der Waals surface area contributed by atoms with Gasteiger partial charge in [-0.15, -0.1) is 0 Å². The molecule has 0 spiro atoms. The molecule has 4 heterocycles. The number of hydrogen-bond donors (Lipinski definition) is 0. The fourth-order valence-corrected chi connectivity index (χ4v) is 3.24. The van der Waals surface area contributed by atoms with Crippen molar-refractivity contribution in [2.75, 3.05) is 0 Å². The molecule has 10 nitrogen and oxygen atoms in total. The Hall–Kier alpha value is -5.88. The van der Waals surface area contributed by atoms with Gasteiger partial charge in [-0.1, -0.05) is 0 Å². The summed E-state index contributed by atoms with van der Waals surface area (Å²) in [6, 6.07) is 5.44. The van der Waals surface area contributed by atoms with Crippen molar-refractivity contribution in [2.45, 2.75) is 11.8 Å². The minimum absolute atomic E-state index is 1.01. The van der Waals surface area contributed by atoms with Crippen LogP contribution in [-0.4, -0.2) is 19.9 Å². The molecular formula is C22H2F8N8O2. The quantitative estimate of drug-likeness (QED) is 0.242. The summed E-state index contributed by atoms with van der Waals surface area (Å²) in [5.74, 6) is -26.2. The molecule has 0 amide bonds. The molecule has 40 heavy (non-hydrogen) atoms. The van der Waals surface area contributed by atoms with Gasteiger partial charge in [-0.05, 0) is 0 Å². The molecule has 0 unspecified atom stereocenters. The normalized spacial score (nSPS) is 10.8. The number of halogens is 8. The van der Waals surface area contributed by atoms with Gasteiger partial charge in [0.1, 0.15) is 11.4 Å². The predicted octanol–water partition coefficient (Wildman–Crippen LogP) is 4.83. The van der Waals surface area contributed by atoms with Crippen LogP contribution in [0.2, 0.25) is 0 Å². The van der Waals surface area contributed by atoms with E-state index in [4.69, 9.17) is 8.83 Å². The molecule has 198 valence electrons. The van der Waals surface area contributed by atoms with Gasteiger partial charge in [0, 0.05) is 0 Å². The maximum Gasteiger partial charge on any atom is 0.252 e. The van der Waals surface area contributed by atoms with Crippen LogP contribution in [0.4, 0.5) is 35.1 Å². The number of oxazole rings is 2. The van der Waals surface area contributed by atoms with Gasteiger partial charge in [-0.25, -0.2) is 27.5 Å². The van der Waals surface area contributed by atoms with Gasteiger partial charge in [0.15, 0.2) is 23.3 Å². The number of nitriles is 4. The van der Waals surface area contributed by atoms with Crippen molar-refractivity contribution >= 4 is 0 Å². The Balaban J connectivity index is 2.20. The van der Waals surface area contributed by atoms with E-state index in [9.17, 15) is 56.2 Å². The number of aromatic nitrogens is 4. The smallest absolute Gasteiger partial charge is 0.252 e. The fraction of sp³-hybridized carbons (Fsp3) is 0.0909. The summed E-state index contributed by atoms with van der Waals surface area (Å²) in [5, 5.41) is 36.7. The minimum atomic E-state index is -2.22. The summed E-state index contributed by atoms with van der Waals surface area (Å²) >= 11 is 0. The zero-order valence-electron chi connectivity index (χ0n) is 18.6. The molecule has 4 rings (SSSR count). The Morgan fingerprint density at radius 3 is 1.00 bits per heavy atom. The van der Waals surface area contributed by atoms with Crippen molar-refractivity contribution < 1.29 is 44.0 Å². The lowest BCUT2D eigenvalue weighted by Gasteiger charge is -2.07. The van der Waals surface area contributed by atoms with E-state index in [-0.39, 0.29) is 0 Å². The first-order chi connectivity index (χ1) is 19.0. The zero-order valence-corrected chi connectivity index (χ0v) is 18.6. The highest BCUT2D eigenvalue weighted by molar-refractivity contribution is 5.83. The summed E-state index contributed by atoms with van der Waals surface area (Å²) in [7, 11) is 0. The van der Waals surface area contributed by atoms with Crippen LogP contribution in [0.5, 0.6) is 0 Å². The van der Waals surface area contributed by atoms with E-state index in [0.29, 0.717) is 0 Å². The van der Waals surface area contributed by atoms with E-state index in [1.807, 2.05) is 0 Å². The van der Waals surface area contributed by atoms with E-state index >= 15 is 0 Å². The average Bonchev–Trinajstić information content (AvgIpc) is 3.53. The first-order valence-electron chi connectivity index (χ1n) is 9.99. The lowest BCUT2D eigenvalue weighted by Crippen LogP contribution is -2.05. The minimum Gasteiger partial charge on any atom is -0.434 e. The summed E-state index contributed by atoms with van der Waals surface area (Å²) < 4.78 is 125. The van der Waals surface area contributed by atoms with Crippen LogP contribution in [0.15, 0.2) is 8.83 Å². The average molecular weight is 562 g/mol. The molecule has 0 atom stereocenters. The number of hydrogen-bond acceptors (Lipinski definition) is 10. The Labute approximate surface area is 214 Å². The van der Waals surface area contributed by atoms with Crippen molar-refractivity contribution in [3.05, 3.63) is 58.8 Å². The van der Waals surface area contributed by atoms with E-state index in [2.05, 4.69) is 19.9 Å². The lowest BCUT2D eigenvalue weighted by atomic mass is 10.1. The molecule has 0 aromatic carbocycles. The van der Waals surface area contributed by atoms with E-state index in [0.717, 1.165) is 0 Å². The molecule has 0 aliphatic heterocycles. The Bertz CT molecular complexity index is 1660. The predicted molar refractivity (Wildman–Crippen MR) is 106 cm³/mol. The van der Waals surface area contributed by atoms with Gasteiger partial charge < -0.3 is 8.83 Å². The molecular weight excluding hydrogens is 560 g/mol. The SMILES string of the molecule is N#CC(C#N)c1nc(-c2c(F)c(F)nc(F)c2F)c(-c2oc(C(C#N)C#N)nc2-c2c(F)c(F)nc(F)c2F)o1. The third-order valence-corrected chi connectivity index (χ3v) is 4.97. The summed E-state index contributed by atoms with van der Waals surface area (Å²) in [6.45, 7) is 0. The molecule has 0 aliphatic rings. The largest absolute Gasteiger partial charge is 0.434 e. The second kappa shape index (κ2) is 10.1. The van der Waals surface area contributed by atoms with Crippen LogP contribution in [0.25, 0.3) is 34.0 Å². The van der Waals surface area contributed by atoms with E-state index in [1.54, 1.807) is 0 Å². The Morgan fingerprint density at radius 2 is 0.750 bits per heavy atom. The lowest BCUT2D eigenvalue weighted by molar-refractivity contribution is 0.410. The summed E-state index contributed by atoms with van der Waals surface area (Å²) in [4.78, 5) is 11.7.